The van der Waals surface area contributed by atoms with Crippen LogP contribution in [0.2, 0.25) is 0 Å². The van der Waals surface area contributed by atoms with Crippen molar-refractivity contribution in [1.82, 2.24) is 0 Å². The standard InChI is InChI=1S/C15H18NO3S/c1-9(17)15-13(10-7-8-10)14(16(18)20-15)11-5-3-4-6-12(11)19-2/h3-6,10,13-15H,7-8H2,1-2H3/q+1. The van der Waals surface area contributed by atoms with E-state index in [1.54, 1.807) is 14.0 Å². The van der Waals surface area contributed by atoms with Gasteiger partial charge in [-0.1, -0.05) is 12.1 Å². The van der Waals surface area contributed by atoms with Crippen molar-refractivity contribution in [2.45, 2.75) is 31.1 Å². The summed E-state index contributed by atoms with van der Waals surface area (Å²) in [5, 5.41) is -0.213. The number of carbonyl (C=O) groups excluding carboxylic acids is 1. The number of rotatable bonds is 4. The molecule has 1 saturated carbocycles. The van der Waals surface area contributed by atoms with Crippen LogP contribution in [0.1, 0.15) is 31.4 Å². The molecule has 106 valence electrons. The van der Waals surface area contributed by atoms with Crippen LogP contribution in [0.25, 0.3) is 0 Å². The molecule has 1 aromatic rings. The molecule has 2 aliphatic rings. The summed E-state index contributed by atoms with van der Waals surface area (Å²) in [7, 11) is 1.62. The van der Waals surface area contributed by atoms with Gasteiger partial charge in [0.05, 0.1) is 22.8 Å². The van der Waals surface area contributed by atoms with E-state index in [9.17, 15) is 9.70 Å². The first-order valence-electron chi connectivity index (χ1n) is 6.90. The van der Waals surface area contributed by atoms with Crippen molar-refractivity contribution in [3.63, 3.8) is 0 Å². The second-order valence-electron chi connectivity index (χ2n) is 5.52. The van der Waals surface area contributed by atoms with Gasteiger partial charge in [0.25, 0.3) is 0 Å². The molecule has 3 unspecified atom stereocenters. The monoisotopic (exact) mass is 292 g/mol. The SMILES string of the molecule is COc1ccccc1C1C(C2CC2)C(C(C)=O)S[N+]1=O. The molecule has 1 saturated heterocycles. The zero-order chi connectivity index (χ0) is 14.3. The summed E-state index contributed by atoms with van der Waals surface area (Å²) in [6.07, 6.45) is 2.24. The number of hydrogen-bond donors (Lipinski definition) is 0. The summed E-state index contributed by atoms with van der Waals surface area (Å²) in [6, 6.07) is 7.35. The number of para-hydroxylation sites is 1. The number of benzene rings is 1. The number of ether oxygens (including phenoxy) is 1. The van der Waals surface area contributed by atoms with E-state index in [1.165, 1.54) is 0 Å². The van der Waals surface area contributed by atoms with Crippen molar-refractivity contribution >= 4 is 17.7 Å². The maximum atomic E-state index is 12.4. The lowest BCUT2D eigenvalue weighted by atomic mass is 9.85. The van der Waals surface area contributed by atoms with Crippen molar-refractivity contribution in [1.29, 1.82) is 0 Å². The van der Waals surface area contributed by atoms with Crippen LogP contribution in [0.3, 0.4) is 0 Å². The Morgan fingerprint density at radius 1 is 1.35 bits per heavy atom. The molecule has 4 nitrogen and oxygen atoms in total. The highest BCUT2D eigenvalue weighted by molar-refractivity contribution is 7.94. The minimum absolute atomic E-state index is 0.102. The van der Waals surface area contributed by atoms with Crippen LogP contribution in [0.5, 0.6) is 5.75 Å². The van der Waals surface area contributed by atoms with Crippen LogP contribution in [-0.2, 0) is 4.79 Å². The zero-order valence-corrected chi connectivity index (χ0v) is 12.4. The first-order valence-corrected chi connectivity index (χ1v) is 7.73. The molecule has 3 rings (SSSR count). The van der Waals surface area contributed by atoms with Gasteiger partial charge in [0.2, 0.25) is 18.0 Å². The number of ketones is 1. The van der Waals surface area contributed by atoms with Gasteiger partial charge in [-0.05, 0) is 37.8 Å². The Morgan fingerprint density at radius 2 is 2.05 bits per heavy atom. The van der Waals surface area contributed by atoms with Crippen LogP contribution in [0.15, 0.2) is 24.3 Å². The van der Waals surface area contributed by atoms with Gasteiger partial charge in [-0.15, -0.1) is 0 Å². The van der Waals surface area contributed by atoms with Gasteiger partial charge in [-0.2, -0.15) is 0 Å². The third kappa shape index (κ3) is 2.24. The summed E-state index contributed by atoms with van der Waals surface area (Å²) in [5.74, 6) is 1.43. The number of nitroso groups, excluding NO2 is 1. The molecule has 1 aromatic carbocycles. The molecule has 2 fully saturated rings. The van der Waals surface area contributed by atoms with Crippen LogP contribution < -0.4 is 4.74 Å². The number of carbonyl (C=O) groups is 1. The van der Waals surface area contributed by atoms with Crippen molar-refractivity contribution < 1.29 is 13.7 Å². The minimum Gasteiger partial charge on any atom is -0.496 e. The third-order valence-electron chi connectivity index (χ3n) is 4.18. The highest BCUT2D eigenvalue weighted by Gasteiger charge is 2.60. The average molecular weight is 292 g/mol. The number of nitrogens with zero attached hydrogens (tertiary/aromatic N) is 1. The molecule has 0 spiro atoms. The predicted molar refractivity (Wildman–Crippen MR) is 77.6 cm³/mol. The molecule has 0 amide bonds. The largest absolute Gasteiger partial charge is 0.496 e. The summed E-state index contributed by atoms with van der Waals surface area (Å²) >= 11 is 1.14. The first kappa shape index (κ1) is 13.6. The lowest BCUT2D eigenvalue weighted by molar-refractivity contribution is -0.428. The zero-order valence-electron chi connectivity index (χ0n) is 11.6. The summed E-state index contributed by atoms with van der Waals surface area (Å²) < 4.78 is 6.40. The number of hydrogen-bond acceptors (Lipinski definition) is 4. The highest BCUT2D eigenvalue weighted by atomic mass is 32.2. The Kier molecular flexibility index (Phi) is 3.54. The van der Waals surface area contributed by atoms with E-state index in [1.807, 2.05) is 24.3 Å². The van der Waals surface area contributed by atoms with Gasteiger partial charge in [0, 0.05) is 4.91 Å². The molecule has 1 aliphatic heterocycles. The summed E-state index contributed by atoms with van der Waals surface area (Å²) in [5.41, 5.74) is 0.901. The molecular weight excluding hydrogens is 274 g/mol. The van der Waals surface area contributed by atoms with E-state index in [-0.39, 0.29) is 23.0 Å². The van der Waals surface area contributed by atoms with Gasteiger partial charge < -0.3 is 4.74 Å². The van der Waals surface area contributed by atoms with Gasteiger partial charge in [0.15, 0.2) is 0 Å². The molecule has 1 heterocycles. The topological polar surface area (TPSA) is 46.4 Å². The second-order valence-corrected chi connectivity index (χ2v) is 6.60. The van der Waals surface area contributed by atoms with E-state index in [4.69, 9.17) is 4.74 Å². The van der Waals surface area contributed by atoms with Crippen molar-refractivity contribution in [2.24, 2.45) is 11.8 Å². The first-order chi connectivity index (χ1) is 9.63. The van der Waals surface area contributed by atoms with E-state index in [0.29, 0.717) is 5.92 Å². The van der Waals surface area contributed by atoms with E-state index in [2.05, 4.69) is 0 Å². The van der Waals surface area contributed by atoms with Crippen molar-refractivity contribution in [3.05, 3.63) is 34.7 Å². The van der Waals surface area contributed by atoms with Crippen molar-refractivity contribution in [3.8, 4) is 5.75 Å². The van der Waals surface area contributed by atoms with Crippen LogP contribution >= 0.6 is 11.9 Å². The summed E-state index contributed by atoms with van der Waals surface area (Å²) in [4.78, 5) is 24.2. The van der Waals surface area contributed by atoms with Gasteiger partial charge in [-0.3, -0.25) is 4.79 Å². The van der Waals surface area contributed by atoms with Gasteiger partial charge in [0.1, 0.15) is 16.8 Å². The fraction of sp³-hybridized carbons (Fsp3) is 0.533. The quantitative estimate of drug-likeness (QED) is 0.631. The fourth-order valence-electron chi connectivity index (χ4n) is 3.12. The smallest absolute Gasteiger partial charge is 0.250 e. The number of Topliss-reactive ketones (excluding diaryl/α,β-unsaturated/α-hetero) is 1. The third-order valence-corrected chi connectivity index (χ3v) is 5.49. The van der Waals surface area contributed by atoms with Crippen molar-refractivity contribution in [2.75, 3.05) is 7.11 Å². The van der Waals surface area contributed by atoms with Gasteiger partial charge in [-0.25, -0.2) is 0 Å². The normalized spacial score (nSPS) is 29.5. The highest BCUT2D eigenvalue weighted by Crippen LogP contribution is 2.55. The predicted octanol–water partition coefficient (Wildman–Crippen LogP) is 3.16. The van der Waals surface area contributed by atoms with Crippen LogP contribution in [-0.4, -0.2) is 22.3 Å². The second kappa shape index (κ2) is 5.20. The molecule has 0 N–H and O–H groups in total. The Morgan fingerprint density at radius 3 is 2.65 bits per heavy atom. The Bertz CT molecular complexity index is 556. The molecule has 1 aliphatic carbocycles. The molecule has 20 heavy (non-hydrogen) atoms. The lowest BCUT2D eigenvalue weighted by Gasteiger charge is -2.16. The molecule has 3 atom stereocenters. The molecule has 0 radical (unpaired) electrons. The Labute approximate surface area is 122 Å². The lowest BCUT2D eigenvalue weighted by Crippen LogP contribution is -2.26. The van der Waals surface area contributed by atoms with E-state index >= 15 is 0 Å². The minimum atomic E-state index is -0.280. The molecule has 0 aromatic heterocycles. The van der Waals surface area contributed by atoms with Crippen LogP contribution in [0, 0.1) is 16.7 Å². The Balaban J connectivity index is 2.02. The summed E-state index contributed by atoms with van der Waals surface area (Å²) in [6.45, 7) is 1.59. The average Bonchev–Trinajstić information content (AvgIpc) is 3.22. The molecule has 5 heteroatoms. The van der Waals surface area contributed by atoms with Crippen LogP contribution in [0.4, 0.5) is 0 Å². The maximum Gasteiger partial charge on any atom is 0.250 e. The van der Waals surface area contributed by atoms with E-state index < -0.39 is 0 Å². The van der Waals surface area contributed by atoms with E-state index in [0.717, 1.165) is 40.3 Å². The van der Waals surface area contributed by atoms with Gasteiger partial charge >= 0.3 is 0 Å². The number of methoxy groups -OCH3 is 1. The Hall–Kier alpha value is -1.36. The maximum absolute atomic E-state index is 12.4. The molecule has 0 bridgehead atoms. The molecular formula is C15H18NO3S+. The fourth-order valence-corrected chi connectivity index (χ4v) is 4.39.